The first-order chi connectivity index (χ1) is 25.8. The number of para-hydroxylation sites is 1. The van der Waals surface area contributed by atoms with Crippen LogP contribution in [0.15, 0.2) is 168 Å². The summed E-state index contributed by atoms with van der Waals surface area (Å²) in [6.07, 6.45) is 0. The summed E-state index contributed by atoms with van der Waals surface area (Å²) in [6.45, 7) is 0. The Morgan fingerprint density at radius 1 is 0.346 bits per heavy atom. The third-order valence-corrected chi connectivity index (χ3v) is 11.3. The molecule has 8 aromatic carbocycles. The van der Waals surface area contributed by atoms with E-state index < -0.39 is 0 Å². The van der Waals surface area contributed by atoms with Crippen LogP contribution < -0.4 is 0 Å². The first kappa shape index (κ1) is 29.1. The van der Waals surface area contributed by atoms with Gasteiger partial charge in [-0.3, -0.25) is 0 Å². The number of aromatic nitrogens is 3. The molecule has 3 heterocycles. The van der Waals surface area contributed by atoms with Crippen molar-refractivity contribution < 1.29 is 4.42 Å². The van der Waals surface area contributed by atoms with E-state index in [1.165, 1.54) is 36.5 Å². The lowest BCUT2D eigenvalue weighted by Gasteiger charge is -2.11. The number of thiophene rings is 1. The minimum atomic E-state index is 0.607. The fraction of sp³-hybridized carbons (Fsp3) is 0. The zero-order valence-corrected chi connectivity index (χ0v) is 28.6. The van der Waals surface area contributed by atoms with Crippen molar-refractivity contribution in [3.05, 3.63) is 164 Å². The van der Waals surface area contributed by atoms with Gasteiger partial charge in [0.1, 0.15) is 11.2 Å². The van der Waals surface area contributed by atoms with Crippen LogP contribution in [0.25, 0.3) is 109 Å². The van der Waals surface area contributed by atoms with Crippen molar-refractivity contribution in [3.63, 3.8) is 0 Å². The standard InChI is InChI=1S/C47H27N3OS/c1-3-13-32-28(10-1)12-7-17-35(32)46-48-45(49-47(50-46)37-18-8-20-39-42(37)36-15-5-6-19-38(36)51-39)31-24-22-30(23-25-31)34-16-9-21-40-43(34)44-33-14-4-2-11-29(33)26-27-41(44)52-40/h1-27H. The van der Waals surface area contributed by atoms with E-state index in [4.69, 9.17) is 19.4 Å². The van der Waals surface area contributed by atoms with Crippen LogP contribution in [0, 0.1) is 0 Å². The van der Waals surface area contributed by atoms with Crippen LogP contribution in [0.3, 0.4) is 0 Å². The zero-order valence-electron chi connectivity index (χ0n) is 27.7. The number of benzene rings is 8. The third-order valence-electron chi connectivity index (χ3n) is 10.2. The monoisotopic (exact) mass is 681 g/mol. The average molecular weight is 682 g/mol. The Labute approximate surface area is 302 Å². The van der Waals surface area contributed by atoms with Gasteiger partial charge in [-0.2, -0.15) is 0 Å². The normalized spacial score (nSPS) is 11.8. The van der Waals surface area contributed by atoms with Gasteiger partial charge in [0.2, 0.25) is 0 Å². The quantitative estimate of drug-likeness (QED) is 0.185. The maximum atomic E-state index is 6.26. The molecule has 0 atom stereocenters. The lowest BCUT2D eigenvalue weighted by atomic mass is 9.96. The van der Waals surface area contributed by atoms with Gasteiger partial charge in [0.15, 0.2) is 17.5 Å². The SMILES string of the molecule is c1ccc2c(-c3nc(-c4ccc(-c5cccc6sc7ccc8ccccc8c7c56)cc4)nc(-c4cccc5oc6ccccc6c45)n3)cccc2c1. The average Bonchev–Trinajstić information content (AvgIpc) is 3.80. The van der Waals surface area contributed by atoms with E-state index in [9.17, 15) is 0 Å². The molecule has 0 radical (unpaired) electrons. The third kappa shape index (κ3) is 4.50. The molecule has 11 rings (SSSR count). The van der Waals surface area contributed by atoms with Crippen molar-refractivity contribution in [2.75, 3.05) is 0 Å². The van der Waals surface area contributed by atoms with Crippen LogP contribution >= 0.6 is 11.3 Å². The van der Waals surface area contributed by atoms with Crippen LogP contribution in [0.1, 0.15) is 0 Å². The molecule has 242 valence electrons. The Balaban J connectivity index is 1.11. The van der Waals surface area contributed by atoms with Gasteiger partial charge in [0.05, 0.1) is 0 Å². The van der Waals surface area contributed by atoms with E-state index in [2.05, 4.69) is 133 Å². The fourth-order valence-electron chi connectivity index (χ4n) is 7.75. The van der Waals surface area contributed by atoms with Crippen molar-refractivity contribution in [2.45, 2.75) is 0 Å². The molecule has 52 heavy (non-hydrogen) atoms. The van der Waals surface area contributed by atoms with Crippen LogP contribution in [-0.4, -0.2) is 15.0 Å². The molecule has 0 saturated heterocycles. The predicted octanol–water partition coefficient (Wildman–Crippen LogP) is 13.1. The second-order valence-electron chi connectivity index (χ2n) is 13.1. The van der Waals surface area contributed by atoms with Gasteiger partial charge in [-0.1, -0.05) is 140 Å². The van der Waals surface area contributed by atoms with E-state index >= 15 is 0 Å². The first-order valence-corrected chi connectivity index (χ1v) is 18.2. The number of nitrogens with zero attached hydrogens (tertiary/aromatic N) is 3. The summed E-state index contributed by atoms with van der Waals surface area (Å²) in [5, 5.41) is 9.43. The Morgan fingerprint density at radius 2 is 0.923 bits per heavy atom. The molecule has 4 nitrogen and oxygen atoms in total. The number of hydrogen-bond donors (Lipinski definition) is 0. The van der Waals surface area contributed by atoms with E-state index in [1.807, 2.05) is 41.7 Å². The molecule has 0 N–H and O–H groups in total. The fourth-order valence-corrected chi connectivity index (χ4v) is 8.90. The summed E-state index contributed by atoms with van der Waals surface area (Å²) in [7, 11) is 0. The topological polar surface area (TPSA) is 51.8 Å². The zero-order chi connectivity index (χ0) is 34.2. The molecule has 5 heteroatoms. The smallest absolute Gasteiger partial charge is 0.164 e. The second kappa shape index (κ2) is 11.4. The van der Waals surface area contributed by atoms with Gasteiger partial charge >= 0.3 is 0 Å². The largest absolute Gasteiger partial charge is 0.456 e. The molecule has 0 bridgehead atoms. The van der Waals surface area contributed by atoms with E-state index in [1.54, 1.807) is 0 Å². The van der Waals surface area contributed by atoms with Crippen molar-refractivity contribution in [1.29, 1.82) is 0 Å². The Morgan fingerprint density at radius 3 is 1.79 bits per heavy atom. The lowest BCUT2D eigenvalue weighted by Crippen LogP contribution is -2.01. The van der Waals surface area contributed by atoms with Crippen LogP contribution in [-0.2, 0) is 0 Å². The minimum Gasteiger partial charge on any atom is -0.456 e. The first-order valence-electron chi connectivity index (χ1n) is 17.4. The number of hydrogen-bond acceptors (Lipinski definition) is 5. The van der Waals surface area contributed by atoms with Crippen molar-refractivity contribution in [3.8, 4) is 45.3 Å². The molecule has 11 aromatic rings. The van der Waals surface area contributed by atoms with Crippen LogP contribution in [0.5, 0.6) is 0 Å². The summed E-state index contributed by atoms with van der Waals surface area (Å²) in [5.74, 6) is 1.86. The maximum Gasteiger partial charge on any atom is 0.164 e. The minimum absolute atomic E-state index is 0.607. The molecular formula is C47H27N3OS. The van der Waals surface area contributed by atoms with Gasteiger partial charge < -0.3 is 4.42 Å². The molecular weight excluding hydrogens is 655 g/mol. The summed E-state index contributed by atoms with van der Waals surface area (Å²) in [4.78, 5) is 15.5. The molecule has 0 saturated carbocycles. The second-order valence-corrected chi connectivity index (χ2v) is 14.2. The Hall–Kier alpha value is -6.69. The highest BCUT2D eigenvalue weighted by atomic mass is 32.1. The summed E-state index contributed by atoms with van der Waals surface area (Å²) in [5.41, 5.74) is 6.81. The molecule has 0 unspecified atom stereocenters. The molecule has 0 aliphatic heterocycles. The number of furan rings is 1. The number of fused-ring (bicyclic) bond motifs is 9. The van der Waals surface area contributed by atoms with Gasteiger partial charge in [-0.15, -0.1) is 11.3 Å². The van der Waals surface area contributed by atoms with Gasteiger partial charge in [0, 0.05) is 47.6 Å². The predicted molar refractivity (Wildman–Crippen MR) is 217 cm³/mol. The lowest BCUT2D eigenvalue weighted by molar-refractivity contribution is 0.669. The van der Waals surface area contributed by atoms with E-state index in [0.29, 0.717) is 17.5 Å². The maximum absolute atomic E-state index is 6.26. The van der Waals surface area contributed by atoms with E-state index in [0.717, 1.165) is 55.0 Å². The molecule has 0 aliphatic rings. The highest BCUT2D eigenvalue weighted by molar-refractivity contribution is 7.26. The van der Waals surface area contributed by atoms with Crippen molar-refractivity contribution in [2.24, 2.45) is 0 Å². The summed E-state index contributed by atoms with van der Waals surface area (Å²) >= 11 is 1.85. The van der Waals surface area contributed by atoms with Crippen molar-refractivity contribution >= 4 is 75.0 Å². The van der Waals surface area contributed by atoms with Crippen LogP contribution in [0.2, 0.25) is 0 Å². The Bertz CT molecular complexity index is 3190. The van der Waals surface area contributed by atoms with Gasteiger partial charge in [-0.05, 0) is 56.9 Å². The van der Waals surface area contributed by atoms with Gasteiger partial charge in [0.25, 0.3) is 0 Å². The molecule has 0 spiro atoms. The highest BCUT2D eigenvalue weighted by Crippen LogP contribution is 2.43. The van der Waals surface area contributed by atoms with Crippen LogP contribution in [0.4, 0.5) is 0 Å². The Kier molecular flexibility index (Phi) is 6.39. The van der Waals surface area contributed by atoms with Gasteiger partial charge in [-0.25, -0.2) is 15.0 Å². The molecule has 0 fully saturated rings. The molecule has 3 aromatic heterocycles. The van der Waals surface area contributed by atoms with Crippen molar-refractivity contribution in [1.82, 2.24) is 15.0 Å². The number of rotatable bonds is 4. The van der Waals surface area contributed by atoms with E-state index in [-0.39, 0.29) is 0 Å². The summed E-state index contributed by atoms with van der Waals surface area (Å²) < 4.78 is 8.85. The molecule has 0 aliphatic carbocycles. The highest BCUT2D eigenvalue weighted by Gasteiger charge is 2.19. The molecule has 0 amide bonds. The summed E-state index contributed by atoms with van der Waals surface area (Å²) in [6, 6.07) is 57.4.